The maximum Gasteiger partial charge on any atom is 0.290 e. The zero-order valence-corrected chi connectivity index (χ0v) is 21.0. The second kappa shape index (κ2) is 8.53. The SMILES string of the molecule is CCn1c(C(=O)N2CC(F)(CC)C2)nc2c(N3CCC(n4c(C)nc5ccccc54)CC3)ncnc21. The van der Waals surface area contributed by atoms with Crippen molar-refractivity contribution in [2.24, 2.45) is 0 Å². The van der Waals surface area contributed by atoms with Gasteiger partial charge in [0.15, 0.2) is 17.0 Å². The molecule has 0 bridgehead atoms. The Kier molecular flexibility index (Phi) is 5.42. The predicted molar refractivity (Wildman–Crippen MR) is 136 cm³/mol. The number of anilines is 1. The number of amides is 1. The third-order valence-corrected chi connectivity index (χ3v) is 7.79. The van der Waals surface area contributed by atoms with Gasteiger partial charge in [0.05, 0.1) is 24.1 Å². The molecule has 6 rings (SSSR count). The normalized spacial score (nSPS) is 18.2. The first-order valence-corrected chi connectivity index (χ1v) is 12.8. The van der Waals surface area contributed by atoms with E-state index in [1.54, 1.807) is 6.33 Å². The van der Waals surface area contributed by atoms with E-state index in [0.717, 1.165) is 43.1 Å². The number of carbonyl (C=O) groups excluding carboxylic acids is 1. The van der Waals surface area contributed by atoms with Gasteiger partial charge >= 0.3 is 0 Å². The Bertz CT molecular complexity index is 1450. The molecule has 0 radical (unpaired) electrons. The van der Waals surface area contributed by atoms with E-state index in [4.69, 9.17) is 9.97 Å². The Balaban J connectivity index is 1.26. The van der Waals surface area contributed by atoms with Crippen LogP contribution in [0.1, 0.15) is 55.6 Å². The highest BCUT2D eigenvalue weighted by Crippen LogP contribution is 2.34. The summed E-state index contributed by atoms with van der Waals surface area (Å²) in [6, 6.07) is 8.64. The molecule has 2 aliphatic rings. The first-order chi connectivity index (χ1) is 17.4. The molecule has 0 saturated carbocycles. The summed E-state index contributed by atoms with van der Waals surface area (Å²) in [4.78, 5) is 35.5. The van der Waals surface area contributed by atoms with Gasteiger partial charge in [0.2, 0.25) is 5.82 Å². The largest absolute Gasteiger partial charge is 0.355 e. The summed E-state index contributed by atoms with van der Waals surface area (Å²) >= 11 is 0. The minimum atomic E-state index is -1.28. The van der Waals surface area contributed by atoms with E-state index in [1.165, 1.54) is 10.4 Å². The van der Waals surface area contributed by atoms with E-state index in [1.807, 2.05) is 24.5 Å². The molecule has 2 saturated heterocycles. The Labute approximate surface area is 209 Å². The maximum absolute atomic E-state index is 14.4. The topological polar surface area (TPSA) is 85.0 Å². The van der Waals surface area contributed by atoms with Crippen molar-refractivity contribution in [2.45, 2.75) is 58.3 Å². The van der Waals surface area contributed by atoms with Crippen LogP contribution in [-0.2, 0) is 6.54 Å². The lowest BCUT2D eigenvalue weighted by Gasteiger charge is -2.43. The third kappa shape index (κ3) is 3.53. The molecule has 2 aliphatic heterocycles. The summed E-state index contributed by atoms with van der Waals surface area (Å²) in [6.07, 6.45) is 3.86. The molecule has 9 nitrogen and oxygen atoms in total. The van der Waals surface area contributed by atoms with Crippen molar-refractivity contribution >= 4 is 33.9 Å². The summed E-state index contributed by atoms with van der Waals surface area (Å²) in [5, 5.41) is 0. The van der Waals surface area contributed by atoms with E-state index in [-0.39, 0.29) is 19.0 Å². The van der Waals surface area contributed by atoms with Gasteiger partial charge in [-0.2, -0.15) is 0 Å². The number of halogens is 1. The fraction of sp³-hybridized carbons (Fsp3) is 0.500. The minimum absolute atomic E-state index is 0.115. The Morgan fingerprint density at radius 2 is 1.86 bits per heavy atom. The van der Waals surface area contributed by atoms with Crippen LogP contribution in [0.3, 0.4) is 0 Å². The second-order valence-electron chi connectivity index (χ2n) is 9.95. The maximum atomic E-state index is 14.4. The molecule has 1 amide bonds. The summed E-state index contributed by atoms with van der Waals surface area (Å²) in [6.45, 7) is 8.26. The van der Waals surface area contributed by atoms with Gasteiger partial charge in [-0.1, -0.05) is 19.1 Å². The molecule has 10 heteroatoms. The molecule has 5 heterocycles. The molecule has 0 N–H and O–H groups in total. The van der Waals surface area contributed by atoms with Crippen molar-refractivity contribution in [2.75, 3.05) is 31.1 Å². The fourth-order valence-corrected chi connectivity index (χ4v) is 5.73. The zero-order valence-electron chi connectivity index (χ0n) is 21.0. The molecule has 2 fully saturated rings. The van der Waals surface area contributed by atoms with Gasteiger partial charge < -0.3 is 18.9 Å². The molecule has 0 unspecified atom stereocenters. The number of piperidine rings is 1. The number of alkyl halides is 1. The van der Waals surface area contributed by atoms with Crippen LogP contribution in [0.15, 0.2) is 30.6 Å². The van der Waals surface area contributed by atoms with Crippen molar-refractivity contribution in [1.29, 1.82) is 0 Å². The van der Waals surface area contributed by atoms with Crippen LogP contribution in [-0.4, -0.2) is 71.7 Å². The Hall–Kier alpha value is -3.56. The number of aryl methyl sites for hydroxylation is 2. The quantitative estimate of drug-likeness (QED) is 0.422. The number of fused-ring (bicyclic) bond motifs is 2. The van der Waals surface area contributed by atoms with E-state index in [2.05, 4.69) is 44.6 Å². The number of para-hydroxylation sites is 2. The number of aromatic nitrogens is 6. The van der Waals surface area contributed by atoms with Gasteiger partial charge in [0.25, 0.3) is 5.91 Å². The number of carbonyl (C=O) groups is 1. The predicted octanol–water partition coefficient (Wildman–Crippen LogP) is 3.92. The van der Waals surface area contributed by atoms with E-state index in [0.29, 0.717) is 36.0 Å². The molecule has 0 aliphatic carbocycles. The molecule has 188 valence electrons. The first-order valence-electron chi connectivity index (χ1n) is 12.8. The van der Waals surface area contributed by atoms with E-state index < -0.39 is 5.67 Å². The van der Waals surface area contributed by atoms with Crippen LogP contribution in [0, 0.1) is 6.92 Å². The number of nitrogens with zero attached hydrogens (tertiary/aromatic N) is 8. The smallest absolute Gasteiger partial charge is 0.290 e. The van der Waals surface area contributed by atoms with Crippen LogP contribution in [0.4, 0.5) is 10.2 Å². The van der Waals surface area contributed by atoms with Crippen LogP contribution in [0.2, 0.25) is 0 Å². The number of hydrogen-bond acceptors (Lipinski definition) is 6. The molecule has 3 aromatic heterocycles. The van der Waals surface area contributed by atoms with Gasteiger partial charge in [-0.15, -0.1) is 0 Å². The monoisotopic (exact) mass is 490 g/mol. The molecule has 0 atom stereocenters. The highest BCUT2D eigenvalue weighted by atomic mass is 19.1. The van der Waals surface area contributed by atoms with Crippen molar-refractivity contribution in [3.63, 3.8) is 0 Å². The molecular formula is C26H31FN8O. The minimum Gasteiger partial charge on any atom is -0.355 e. The number of benzene rings is 1. The summed E-state index contributed by atoms with van der Waals surface area (Å²) < 4.78 is 18.6. The molecular weight excluding hydrogens is 459 g/mol. The lowest BCUT2D eigenvalue weighted by Crippen LogP contribution is -2.60. The number of rotatable bonds is 5. The standard InChI is InChI=1S/C26H31FN8O/c1-4-26(27)14-33(15-26)25(36)24-31-21-22(28-16-29-23(21)34(24)5-2)32-12-10-18(11-13-32)35-17(3)30-19-8-6-7-9-20(19)35/h6-9,16,18H,4-5,10-15H2,1-3H3. The van der Waals surface area contributed by atoms with Gasteiger partial charge in [0, 0.05) is 25.7 Å². The highest BCUT2D eigenvalue weighted by Gasteiger charge is 2.45. The van der Waals surface area contributed by atoms with Gasteiger partial charge in [-0.05, 0) is 45.2 Å². The van der Waals surface area contributed by atoms with Crippen molar-refractivity contribution in [3.8, 4) is 0 Å². The van der Waals surface area contributed by atoms with E-state index in [9.17, 15) is 9.18 Å². The number of imidazole rings is 2. The van der Waals surface area contributed by atoms with E-state index >= 15 is 0 Å². The van der Waals surface area contributed by atoms with Crippen molar-refractivity contribution < 1.29 is 9.18 Å². The van der Waals surface area contributed by atoms with Crippen LogP contribution < -0.4 is 4.90 Å². The number of likely N-dealkylation sites (tertiary alicyclic amines) is 1. The van der Waals surface area contributed by atoms with Gasteiger partial charge in [-0.25, -0.2) is 24.3 Å². The Morgan fingerprint density at radius 3 is 2.58 bits per heavy atom. The molecule has 4 aromatic rings. The summed E-state index contributed by atoms with van der Waals surface area (Å²) in [5.74, 6) is 1.85. The average molecular weight is 491 g/mol. The fourth-order valence-electron chi connectivity index (χ4n) is 5.73. The summed E-state index contributed by atoms with van der Waals surface area (Å²) in [7, 11) is 0. The van der Waals surface area contributed by atoms with Gasteiger partial charge in [-0.3, -0.25) is 4.79 Å². The highest BCUT2D eigenvalue weighted by molar-refractivity contribution is 5.97. The Morgan fingerprint density at radius 1 is 1.11 bits per heavy atom. The molecule has 36 heavy (non-hydrogen) atoms. The average Bonchev–Trinajstić information content (AvgIpc) is 3.43. The van der Waals surface area contributed by atoms with Gasteiger partial charge in [0.1, 0.15) is 17.8 Å². The molecule has 0 spiro atoms. The lowest BCUT2D eigenvalue weighted by molar-refractivity contribution is -0.0225. The lowest BCUT2D eigenvalue weighted by atomic mass is 9.93. The van der Waals surface area contributed by atoms with Crippen molar-refractivity contribution in [3.05, 3.63) is 42.2 Å². The van der Waals surface area contributed by atoms with Crippen LogP contribution in [0.25, 0.3) is 22.2 Å². The zero-order chi connectivity index (χ0) is 25.0. The first kappa shape index (κ1) is 22.9. The third-order valence-electron chi connectivity index (χ3n) is 7.79. The second-order valence-corrected chi connectivity index (χ2v) is 9.95. The summed E-state index contributed by atoms with van der Waals surface area (Å²) in [5.41, 5.74) is 2.20. The molecule has 1 aromatic carbocycles. The number of hydrogen-bond donors (Lipinski definition) is 0. The van der Waals surface area contributed by atoms with Crippen LogP contribution >= 0.6 is 0 Å². The van der Waals surface area contributed by atoms with Crippen LogP contribution in [0.5, 0.6) is 0 Å². The van der Waals surface area contributed by atoms with Crippen molar-refractivity contribution in [1.82, 2.24) is 34.0 Å².